The normalized spacial score (nSPS) is 30.3. The molecule has 1 aromatic carbocycles. The lowest BCUT2D eigenvalue weighted by atomic mass is 9.74. The molecule has 16 heavy (non-hydrogen) atoms. The molecule has 1 aromatic rings. The standard InChI is InChI=1S/C14H20ClN/c1-2-10-7-8-14(16)12(9-10)11-5-3-4-6-13(11)15/h3-6,10,12,14H,2,7-9,16H2,1H3. The minimum atomic E-state index is 0.280. The van der Waals surface area contributed by atoms with Crippen molar-refractivity contribution in [2.24, 2.45) is 11.7 Å². The Balaban J connectivity index is 2.21. The van der Waals surface area contributed by atoms with Gasteiger partial charge in [0.05, 0.1) is 0 Å². The molecule has 1 aliphatic rings. The molecule has 0 amide bonds. The van der Waals surface area contributed by atoms with Crippen LogP contribution < -0.4 is 5.73 Å². The van der Waals surface area contributed by atoms with E-state index in [9.17, 15) is 0 Å². The summed E-state index contributed by atoms with van der Waals surface area (Å²) in [6.07, 6.45) is 4.86. The largest absolute Gasteiger partial charge is 0.327 e. The van der Waals surface area contributed by atoms with Gasteiger partial charge in [-0.25, -0.2) is 0 Å². The molecule has 1 fully saturated rings. The number of hydrogen-bond acceptors (Lipinski definition) is 1. The molecule has 0 bridgehead atoms. The molecule has 1 nitrogen and oxygen atoms in total. The van der Waals surface area contributed by atoms with Crippen LogP contribution in [0.4, 0.5) is 0 Å². The average Bonchev–Trinajstić information content (AvgIpc) is 2.31. The maximum absolute atomic E-state index is 6.26. The summed E-state index contributed by atoms with van der Waals surface area (Å²) in [5.74, 6) is 1.27. The SMILES string of the molecule is CCC1CCC(N)C(c2ccccc2Cl)C1. The zero-order valence-electron chi connectivity index (χ0n) is 9.83. The molecule has 0 aliphatic heterocycles. The van der Waals surface area contributed by atoms with Crippen LogP contribution >= 0.6 is 11.6 Å². The Morgan fingerprint density at radius 1 is 1.31 bits per heavy atom. The first kappa shape index (κ1) is 11.9. The van der Waals surface area contributed by atoms with Crippen molar-refractivity contribution in [3.8, 4) is 0 Å². The average molecular weight is 238 g/mol. The highest BCUT2D eigenvalue weighted by Crippen LogP contribution is 2.39. The number of halogens is 1. The second-order valence-corrected chi connectivity index (χ2v) is 5.29. The van der Waals surface area contributed by atoms with Crippen molar-refractivity contribution in [1.29, 1.82) is 0 Å². The van der Waals surface area contributed by atoms with Crippen LogP contribution in [0.2, 0.25) is 5.02 Å². The van der Waals surface area contributed by atoms with Crippen molar-refractivity contribution >= 4 is 11.6 Å². The van der Waals surface area contributed by atoms with Crippen LogP contribution in [0.1, 0.15) is 44.1 Å². The zero-order chi connectivity index (χ0) is 11.5. The van der Waals surface area contributed by atoms with E-state index in [1.165, 1.54) is 24.8 Å². The summed E-state index contributed by atoms with van der Waals surface area (Å²) in [5.41, 5.74) is 7.48. The molecule has 0 saturated heterocycles. The number of hydrogen-bond donors (Lipinski definition) is 1. The minimum Gasteiger partial charge on any atom is -0.327 e. The van der Waals surface area contributed by atoms with Gasteiger partial charge in [-0.2, -0.15) is 0 Å². The molecule has 3 unspecified atom stereocenters. The second kappa shape index (κ2) is 5.20. The van der Waals surface area contributed by atoms with Gasteiger partial charge in [0, 0.05) is 17.0 Å². The van der Waals surface area contributed by atoms with E-state index in [1.807, 2.05) is 12.1 Å². The van der Waals surface area contributed by atoms with Crippen LogP contribution in [0.3, 0.4) is 0 Å². The highest BCUT2D eigenvalue weighted by atomic mass is 35.5. The maximum atomic E-state index is 6.26. The Morgan fingerprint density at radius 2 is 2.06 bits per heavy atom. The van der Waals surface area contributed by atoms with E-state index in [0.717, 1.165) is 17.4 Å². The quantitative estimate of drug-likeness (QED) is 0.828. The smallest absolute Gasteiger partial charge is 0.0441 e. The van der Waals surface area contributed by atoms with Gasteiger partial charge >= 0.3 is 0 Å². The van der Waals surface area contributed by atoms with E-state index in [2.05, 4.69) is 19.1 Å². The van der Waals surface area contributed by atoms with Crippen molar-refractivity contribution < 1.29 is 0 Å². The summed E-state index contributed by atoms with van der Waals surface area (Å²) in [6.45, 7) is 2.27. The lowest BCUT2D eigenvalue weighted by Gasteiger charge is -2.34. The summed E-state index contributed by atoms with van der Waals surface area (Å²) < 4.78 is 0. The van der Waals surface area contributed by atoms with E-state index in [4.69, 9.17) is 17.3 Å². The first-order chi connectivity index (χ1) is 7.72. The van der Waals surface area contributed by atoms with Crippen LogP contribution in [0.15, 0.2) is 24.3 Å². The van der Waals surface area contributed by atoms with Gasteiger partial charge in [-0.3, -0.25) is 0 Å². The third-order valence-corrected chi connectivity index (χ3v) is 4.24. The third-order valence-electron chi connectivity index (χ3n) is 3.89. The van der Waals surface area contributed by atoms with E-state index >= 15 is 0 Å². The minimum absolute atomic E-state index is 0.280. The first-order valence-corrected chi connectivity index (χ1v) is 6.60. The summed E-state index contributed by atoms with van der Waals surface area (Å²) >= 11 is 6.26. The molecule has 3 atom stereocenters. The summed E-state index contributed by atoms with van der Waals surface area (Å²) in [7, 11) is 0. The Kier molecular flexibility index (Phi) is 3.88. The van der Waals surface area contributed by atoms with Crippen LogP contribution in [0, 0.1) is 5.92 Å². The van der Waals surface area contributed by atoms with Crippen LogP contribution in [-0.2, 0) is 0 Å². The summed E-state index contributed by atoms with van der Waals surface area (Å²) in [4.78, 5) is 0. The van der Waals surface area contributed by atoms with Gasteiger partial charge in [-0.05, 0) is 36.8 Å². The van der Waals surface area contributed by atoms with Crippen molar-refractivity contribution in [1.82, 2.24) is 0 Å². The third kappa shape index (κ3) is 2.41. The van der Waals surface area contributed by atoms with Crippen molar-refractivity contribution in [2.75, 3.05) is 0 Å². The number of nitrogens with two attached hydrogens (primary N) is 1. The maximum Gasteiger partial charge on any atom is 0.0441 e. The molecule has 0 radical (unpaired) electrons. The molecular weight excluding hydrogens is 218 g/mol. The van der Waals surface area contributed by atoms with E-state index in [-0.39, 0.29) is 6.04 Å². The Morgan fingerprint density at radius 3 is 2.75 bits per heavy atom. The Labute approximate surface area is 103 Å². The molecule has 0 spiro atoms. The molecule has 88 valence electrons. The number of rotatable bonds is 2. The van der Waals surface area contributed by atoms with Crippen molar-refractivity contribution in [2.45, 2.75) is 44.6 Å². The monoisotopic (exact) mass is 237 g/mol. The highest BCUT2D eigenvalue weighted by Gasteiger charge is 2.29. The molecule has 2 N–H and O–H groups in total. The lowest BCUT2D eigenvalue weighted by molar-refractivity contribution is 0.282. The molecule has 0 heterocycles. The van der Waals surface area contributed by atoms with Crippen molar-refractivity contribution in [3.05, 3.63) is 34.9 Å². The lowest BCUT2D eigenvalue weighted by Crippen LogP contribution is -2.34. The Bertz CT molecular complexity index is 350. The van der Waals surface area contributed by atoms with E-state index < -0.39 is 0 Å². The van der Waals surface area contributed by atoms with Gasteiger partial charge in [0.1, 0.15) is 0 Å². The topological polar surface area (TPSA) is 26.0 Å². The van der Waals surface area contributed by atoms with Gasteiger partial charge in [-0.1, -0.05) is 43.1 Å². The van der Waals surface area contributed by atoms with E-state index in [1.54, 1.807) is 0 Å². The fraction of sp³-hybridized carbons (Fsp3) is 0.571. The van der Waals surface area contributed by atoms with Crippen LogP contribution in [-0.4, -0.2) is 6.04 Å². The fourth-order valence-corrected chi connectivity index (χ4v) is 3.06. The zero-order valence-corrected chi connectivity index (χ0v) is 10.6. The molecule has 2 rings (SSSR count). The predicted octanol–water partition coefficient (Wildman–Crippen LogP) is 3.96. The van der Waals surface area contributed by atoms with Gasteiger partial charge in [0.2, 0.25) is 0 Å². The first-order valence-electron chi connectivity index (χ1n) is 6.22. The van der Waals surface area contributed by atoms with Gasteiger partial charge in [-0.15, -0.1) is 0 Å². The molecule has 1 saturated carbocycles. The van der Waals surface area contributed by atoms with Crippen LogP contribution in [0.5, 0.6) is 0 Å². The van der Waals surface area contributed by atoms with Crippen LogP contribution in [0.25, 0.3) is 0 Å². The van der Waals surface area contributed by atoms with Gasteiger partial charge < -0.3 is 5.73 Å². The van der Waals surface area contributed by atoms with Gasteiger partial charge in [0.15, 0.2) is 0 Å². The molecular formula is C14H20ClN. The van der Waals surface area contributed by atoms with Crippen molar-refractivity contribution in [3.63, 3.8) is 0 Å². The number of benzene rings is 1. The molecule has 1 aliphatic carbocycles. The Hall–Kier alpha value is -0.530. The second-order valence-electron chi connectivity index (χ2n) is 4.88. The molecule has 2 heteroatoms. The highest BCUT2D eigenvalue weighted by molar-refractivity contribution is 6.31. The fourth-order valence-electron chi connectivity index (χ4n) is 2.79. The summed E-state index contributed by atoms with van der Waals surface area (Å²) in [5, 5.41) is 0.875. The molecule has 0 aromatic heterocycles. The summed E-state index contributed by atoms with van der Waals surface area (Å²) in [6, 6.07) is 8.42. The predicted molar refractivity (Wildman–Crippen MR) is 69.8 cm³/mol. The van der Waals surface area contributed by atoms with E-state index in [0.29, 0.717) is 5.92 Å². The van der Waals surface area contributed by atoms with Gasteiger partial charge in [0.25, 0.3) is 0 Å².